The Morgan fingerprint density at radius 1 is 1.05 bits per heavy atom. The first-order valence-corrected chi connectivity index (χ1v) is 6.49. The number of ether oxygens (including phenoxy) is 3. The number of hydrogen-bond acceptors (Lipinski definition) is 5. The lowest BCUT2D eigenvalue weighted by molar-refractivity contribution is -0.125. The molecule has 21 heavy (non-hydrogen) atoms. The average molecular weight is 295 g/mol. The minimum Gasteiger partial charge on any atom is -0.493 e. The van der Waals surface area contributed by atoms with Gasteiger partial charge >= 0.3 is 0 Å². The zero-order valence-electron chi connectivity index (χ0n) is 13.0. The van der Waals surface area contributed by atoms with Crippen molar-refractivity contribution in [3.8, 4) is 17.2 Å². The molecule has 0 fully saturated rings. The molecule has 0 aliphatic rings. The van der Waals surface area contributed by atoms with E-state index in [0.29, 0.717) is 23.7 Å². The summed E-state index contributed by atoms with van der Waals surface area (Å²) in [6.45, 7) is 2.82. The first-order chi connectivity index (χ1) is 9.92. The van der Waals surface area contributed by atoms with Crippen LogP contribution < -0.4 is 19.5 Å². The van der Waals surface area contributed by atoms with Crippen LogP contribution in [0.2, 0.25) is 0 Å². The van der Waals surface area contributed by atoms with Crippen molar-refractivity contribution in [3.63, 3.8) is 0 Å². The van der Waals surface area contributed by atoms with Crippen molar-refractivity contribution >= 4 is 11.7 Å². The second-order valence-electron chi connectivity index (χ2n) is 4.60. The quantitative estimate of drug-likeness (QED) is 0.822. The molecule has 0 unspecified atom stereocenters. The van der Waals surface area contributed by atoms with Crippen molar-refractivity contribution in [2.75, 3.05) is 21.3 Å². The van der Waals surface area contributed by atoms with E-state index in [1.807, 2.05) is 0 Å². The first-order valence-electron chi connectivity index (χ1n) is 6.49. The van der Waals surface area contributed by atoms with E-state index in [1.165, 1.54) is 35.2 Å². The van der Waals surface area contributed by atoms with E-state index in [-0.39, 0.29) is 11.7 Å². The van der Waals surface area contributed by atoms with Gasteiger partial charge in [-0.05, 0) is 24.6 Å². The Bertz CT molecular complexity index is 502. The predicted octanol–water partition coefficient (Wildman–Crippen LogP) is 1.35. The molecule has 6 nitrogen and oxygen atoms in total. The zero-order valence-corrected chi connectivity index (χ0v) is 13.0. The third kappa shape index (κ3) is 4.37. The molecule has 1 N–H and O–H groups in total. The maximum absolute atomic E-state index is 11.6. The summed E-state index contributed by atoms with van der Waals surface area (Å²) >= 11 is 0. The number of carbonyl (C=O) groups is 2. The van der Waals surface area contributed by atoms with Crippen molar-refractivity contribution in [2.45, 2.75) is 26.3 Å². The molecule has 0 aliphatic carbocycles. The van der Waals surface area contributed by atoms with Gasteiger partial charge in [0.15, 0.2) is 17.3 Å². The van der Waals surface area contributed by atoms with Crippen LogP contribution in [-0.4, -0.2) is 39.1 Å². The van der Waals surface area contributed by atoms with E-state index in [4.69, 9.17) is 14.2 Å². The number of rotatable bonds is 7. The summed E-state index contributed by atoms with van der Waals surface area (Å²) in [4.78, 5) is 22.8. The monoisotopic (exact) mass is 295 g/mol. The molecule has 1 amide bonds. The van der Waals surface area contributed by atoms with Crippen molar-refractivity contribution in [1.29, 1.82) is 0 Å². The normalized spacial score (nSPS) is 11.5. The number of carbonyl (C=O) groups excluding carboxylic acids is 2. The smallest absolute Gasteiger partial charge is 0.217 e. The molecule has 0 saturated carbocycles. The largest absolute Gasteiger partial charge is 0.493 e. The van der Waals surface area contributed by atoms with E-state index in [2.05, 4.69) is 5.32 Å². The van der Waals surface area contributed by atoms with Crippen LogP contribution in [0.15, 0.2) is 12.1 Å². The third-order valence-electron chi connectivity index (χ3n) is 3.03. The molecule has 0 bridgehead atoms. The van der Waals surface area contributed by atoms with E-state index < -0.39 is 6.04 Å². The summed E-state index contributed by atoms with van der Waals surface area (Å²) in [5, 5.41) is 2.63. The molecule has 1 aromatic rings. The number of methoxy groups -OCH3 is 3. The van der Waals surface area contributed by atoms with Gasteiger partial charge in [-0.15, -0.1) is 0 Å². The highest BCUT2D eigenvalue weighted by Gasteiger charge is 2.19. The van der Waals surface area contributed by atoms with Crippen LogP contribution in [0.1, 0.15) is 19.4 Å². The number of Topliss-reactive ketones (excluding diaryl/α,β-unsaturated/α-hetero) is 1. The fraction of sp³-hybridized carbons (Fsp3) is 0.467. The number of hydrogen-bond donors (Lipinski definition) is 1. The maximum Gasteiger partial charge on any atom is 0.217 e. The van der Waals surface area contributed by atoms with Gasteiger partial charge in [-0.3, -0.25) is 9.59 Å². The van der Waals surface area contributed by atoms with Crippen LogP contribution >= 0.6 is 0 Å². The van der Waals surface area contributed by atoms with Gasteiger partial charge in [-0.1, -0.05) is 0 Å². The van der Waals surface area contributed by atoms with Gasteiger partial charge in [0, 0.05) is 13.3 Å². The Balaban J connectivity index is 3.12. The Hall–Kier alpha value is -2.24. The van der Waals surface area contributed by atoms with Gasteiger partial charge in [0.2, 0.25) is 11.7 Å². The number of benzene rings is 1. The van der Waals surface area contributed by atoms with Crippen LogP contribution in [0.4, 0.5) is 0 Å². The summed E-state index contributed by atoms with van der Waals surface area (Å²) in [5.41, 5.74) is 0.804. The lowest BCUT2D eigenvalue weighted by atomic mass is 10.0. The average Bonchev–Trinajstić information content (AvgIpc) is 2.44. The minimum absolute atomic E-state index is 0.112. The lowest BCUT2D eigenvalue weighted by Crippen LogP contribution is -2.40. The molecule has 0 aliphatic heterocycles. The third-order valence-corrected chi connectivity index (χ3v) is 3.03. The molecule has 0 saturated heterocycles. The molecule has 1 aromatic carbocycles. The Morgan fingerprint density at radius 2 is 1.57 bits per heavy atom. The van der Waals surface area contributed by atoms with Crippen LogP contribution in [-0.2, 0) is 16.0 Å². The molecule has 0 radical (unpaired) electrons. The number of amides is 1. The van der Waals surface area contributed by atoms with E-state index >= 15 is 0 Å². The lowest BCUT2D eigenvalue weighted by Gasteiger charge is -2.18. The highest BCUT2D eigenvalue weighted by atomic mass is 16.5. The molecule has 1 rings (SSSR count). The topological polar surface area (TPSA) is 73.9 Å². The van der Waals surface area contributed by atoms with Crippen LogP contribution in [0.5, 0.6) is 17.2 Å². The van der Waals surface area contributed by atoms with Crippen LogP contribution in [0, 0.1) is 0 Å². The van der Waals surface area contributed by atoms with Gasteiger partial charge < -0.3 is 19.5 Å². The van der Waals surface area contributed by atoms with Gasteiger partial charge in [-0.25, -0.2) is 0 Å². The Labute approximate surface area is 124 Å². The van der Waals surface area contributed by atoms with E-state index in [0.717, 1.165) is 5.56 Å². The summed E-state index contributed by atoms with van der Waals surface area (Å²) in [7, 11) is 4.57. The van der Waals surface area contributed by atoms with Crippen molar-refractivity contribution in [1.82, 2.24) is 5.32 Å². The van der Waals surface area contributed by atoms with Crippen molar-refractivity contribution < 1.29 is 23.8 Å². The van der Waals surface area contributed by atoms with Crippen LogP contribution in [0.3, 0.4) is 0 Å². The molecular formula is C15H21NO5. The zero-order chi connectivity index (χ0) is 16.0. The van der Waals surface area contributed by atoms with Gasteiger partial charge in [-0.2, -0.15) is 0 Å². The summed E-state index contributed by atoms with van der Waals surface area (Å²) in [6.07, 6.45) is 0.353. The molecule has 0 aromatic heterocycles. The number of nitrogens with one attached hydrogen (secondary N) is 1. The fourth-order valence-electron chi connectivity index (χ4n) is 2.03. The number of ketones is 1. The second-order valence-corrected chi connectivity index (χ2v) is 4.60. The molecule has 116 valence electrons. The van der Waals surface area contributed by atoms with E-state index in [1.54, 1.807) is 12.1 Å². The first kappa shape index (κ1) is 16.8. The molecule has 6 heteroatoms. The molecule has 0 heterocycles. The SMILES string of the molecule is COc1cc(C[C@@H](NC(C)=O)C(C)=O)cc(OC)c1OC. The summed E-state index contributed by atoms with van der Waals surface area (Å²) < 4.78 is 15.8. The Kier molecular flexibility index (Phi) is 6.02. The van der Waals surface area contributed by atoms with Gasteiger partial charge in [0.25, 0.3) is 0 Å². The summed E-state index contributed by atoms with van der Waals surface area (Å²) in [6, 6.07) is 2.95. The van der Waals surface area contributed by atoms with Crippen molar-refractivity contribution in [3.05, 3.63) is 17.7 Å². The molecule has 0 spiro atoms. The molecular weight excluding hydrogens is 274 g/mol. The standard InChI is InChI=1S/C15H21NO5/c1-9(17)12(16-10(2)18)6-11-7-13(19-3)15(21-5)14(8-11)20-4/h7-8,12H,6H2,1-5H3,(H,16,18)/t12-/m1/s1. The highest BCUT2D eigenvalue weighted by Crippen LogP contribution is 2.38. The minimum atomic E-state index is -0.578. The Morgan fingerprint density at radius 3 is 1.90 bits per heavy atom. The van der Waals surface area contributed by atoms with E-state index in [9.17, 15) is 9.59 Å². The predicted molar refractivity (Wildman–Crippen MR) is 78.1 cm³/mol. The van der Waals surface area contributed by atoms with Crippen LogP contribution in [0.25, 0.3) is 0 Å². The second kappa shape index (κ2) is 7.52. The van der Waals surface area contributed by atoms with Gasteiger partial charge in [0.05, 0.1) is 27.4 Å². The molecule has 1 atom stereocenters. The van der Waals surface area contributed by atoms with Gasteiger partial charge in [0.1, 0.15) is 0 Å². The van der Waals surface area contributed by atoms with Crippen molar-refractivity contribution in [2.24, 2.45) is 0 Å². The summed E-state index contributed by atoms with van der Waals surface area (Å²) in [5.74, 6) is 1.15. The fourth-order valence-corrected chi connectivity index (χ4v) is 2.03. The highest BCUT2D eigenvalue weighted by molar-refractivity contribution is 5.86. The maximum atomic E-state index is 11.6.